The van der Waals surface area contributed by atoms with Crippen molar-refractivity contribution in [1.29, 1.82) is 0 Å². The molecule has 1 N–H and O–H groups in total. The van der Waals surface area contributed by atoms with Crippen molar-refractivity contribution in [3.63, 3.8) is 0 Å². The minimum atomic E-state index is -0.207. The van der Waals surface area contributed by atoms with Gasteiger partial charge in [-0.2, -0.15) is 0 Å². The molecule has 2 heterocycles. The molecule has 0 radical (unpaired) electrons. The van der Waals surface area contributed by atoms with Crippen LogP contribution in [0.5, 0.6) is 5.88 Å². The van der Waals surface area contributed by atoms with Crippen LogP contribution in [-0.4, -0.2) is 30.2 Å². The molecule has 136 valence electrons. The van der Waals surface area contributed by atoms with E-state index < -0.39 is 0 Å². The zero-order valence-electron chi connectivity index (χ0n) is 14.8. The number of nitrogens with zero attached hydrogens (tertiary/aromatic N) is 1. The second-order valence-electron chi connectivity index (χ2n) is 6.35. The van der Waals surface area contributed by atoms with Crippen LogP contribution in [0.15, 0.2) is 72.9 Å². The van der Waals surface area contributed by atoms with Crippen LogP contribution in [0.3, 0.4) is 0 Å². The molecule has 3 aromatic rings. The van der Waals surface area contributed by atoms with Gasteiger partial charge in [0, 0.05) is 29.9 Å². The van der Waals surface area contributed by atoms with Crippen molar-refractivity contribution in [2.24, 2.45) is 0 Å². The molecule has 0 aliphatic carbocycles. The summed E-state index contributed by atoms with van der Waals surface area (Å²) in [4.78, 5) is 16.9. The number of hydrogen-bond donors (Lipinski definition) is 1. The Hall–Kier alpha value is -3.18. The van der Waals surface area contributed by atoms with Gasteiger partial charge in [0.1, 0.15) is 6.10 Å². The van der Waals surface area contributed by atoms with Gasteiger partial charge in [-0.05, 0) is 17.7 Å². The van der Waals surface area contributed by atoms with Crippen molar-refractivity contribution in [1.82, 2.24) is 4.98 Å². The van der Waals surface area contributed by atoms with E-state index in [1.807, 2.05) is 54.6 Å². The lowest BCUT2D eigenvalue weighted by Crippen LogP contribution is -2.17. The number of aromatic nitrogens is 1. The van der Waals surface area contributed by atoms with Crippen LogP contribution in [0.1, 0.15) is 16.8 Å². The highest BCUT2D eigenvalue weighted by atomic mass is 16.5. The van der Waals surface area contributed by atoms with E-state index in [2.05, 4.69) is 10.3 Å². The Morgan fingerprint density at radius 1 is 1.04 bits per heavy atom. The fourth-order valence-corrected chi connectivity index (χ4v) is 3.02. The topological polar surface area (TPSA) is 60.5 Å². The molecule has 1 aliphatic rings. The number of benzene rings is 2. The summed E-state index contributed by atoms with van der Waals surface area (Å²) in [6.07, 6.45) is 2.43. The zero-order valence-corrected chi connectivity index (χ0v) is 14.8. The minimum absolute atomic E-state index is 0.0370. The maximum atomic E-state index is 12.6. The quantitative estimate of drug-likeness (QED) is 0.742. The van der Waals surface area contributed by atoms with Crippen LogP contribution in [-0.2, 0) is 4.74 Å². The first-order chi connectivity index (χ1) is 13.3. The first-order valence-corrected chi connectivity index (χ1v) is 8.96. The number of rotatable bonds is 5. The third-order valence-corrected chi connectivity index (χ3v) is 4.43. The van der Waals surface area contributed by atoms with E-state index in [1.165, 1.54) is 6.20 Å². The van der Waals surface area contributed by atoms with Gasteiger partial charge >= 0.3 is 0 Å². The lowest BCUT2D eigenvalue weighted by atomic mass is 10.0. The molecule has 0 saturated carbocycles. The molecular weight excluding hydrogens is 340 g/mol. The fourth-order valence-electron chi connectivity index (χ4n) is 3.02. The van der Waals surface area contributed by atoms with Gasteiger partial charge in [-0.25, -0.2) is 4.98 Å². The van der Waals surface area contributed by atoms with Gasteiger partial charge in [0.05, 0.1) is 18.8 Å². The van der Waals surface area contributed by atoms with E-state index in [0.717, 1.165) is 23.2 Å². The number of pyridine rings is 1. The van der Waals surface area contributed by atoms with Gasteiger partial charge in [0.15, 0.2) is 0 Å². The van der Waals surface area contributed by atoms with Gasteiger partial charge in [0.2, 0.25) is 5.88 Å². The Morgan fingerprint density at radius 2 is 1.85 bits per heavy atom. The van der Waals surface area contributed by atoms with E-state index in [0.29, 0.717) is 24.7 Å². The lowest BCUT2D eigenvalue weighted by Gasteiger charge is -2.12. The molecule has 1 atom stereocenters. The molecule has 1 fully saturated rings. The van der Waals surface area contributed by atoms with Crippen molar-refractivity contribution < 1.29 is 14.3 Å². The van der Waals surface area contributed by atoms with Crippen LogP contribution in [0, 0.1) is 0 Å². The van der Waals surface area contributed by atoms with Gasteiger partial charge in [-0.3, -0.25) is 4.79 Å². The number of carbonyl (C=O) groups is 1. The molecule has 27 heavy (non-hydrogen) atoms. The van der Waals surface area contributed by atoms with Crippen molar-refractivity contribution in [2.75, 3.05) is 18.5 Å². The summed E-state index contributed by atoms with van der Waals surface area (Å²) in [6.45, 7) is 1.30. The number of nitrogens with one attached hydrogen (secondary N) is 1. The van der Waals surface area contributed by atoms with Gasteiger partial charge in [-0.1, -0.05) is 48.5 Å². The number of amides is 1. The molecule has 5 heteroatoms. The summed E-state index contributed by atoms with van der Waals surface area (Å²) in [7, 11) is 0. The molecule has 1 saturated heterocycles. The third kappa shape index (κ3) is 4.15. The predicted octanol–water partition coefficient (Wildman–Crippen LogP) is 4.17. The zero-order chi connectivity index (χ0) is 18.5. The highest BCUT2D eigenvalue weighted by Crippen LogP contribution is 2.28. The molecule has 1 aliphatic heterocycles. The number of hydrogen-bond acceptors (Lipinski definition) is 4. The molecule has 1 unspecified atom stereocenters. The molecule has 1 aromatic heterocycles. The first-order valence-electron chi connectivity index (χ1n) is 8.96. The van der Waals surface area contributed by atoms with Gasteiger partial charge < -0.3 is 14.8 Å². The predicted molar refractivity (Wildman–Crippen MR) is 104 cm³/mol. The van der Waals surface area contributed by atoms with Crippen LogP contribution >= 0.6 is 0 Å². The van der Waals surface area contributed by atoms with Gasteiger partial charge in [-0.15, -0.1) is 0 Å². The summed E-state index contributed by atoms with van der Waals surface area (Å²) in [5.74, 6) is 0.299. The van der Waals surface area contributed by atoms with E-state index >= 15 is 0 Å². The first kappa shape index (κ1) is 17.2. The van der Waals surface area contributed by atoms with Crippen LogP contribution in [0.25, 0.3) is 11.1 Å². The van der Waals surface area contributed by atoms with Crippen molar-refractivity contribution in [2.45, 2.75) is 12.5 Å². The second-order valence-corrected chi connectivity index (χ2v) is 6.35. The van der Waals surface area contributed by atoms with Crippen molar-refractivity contribution in [3.8, 4) is 17.0 Å². The second kappa shape index (κ2) is 8.01. The monoisotopic (exact) mass is 360 g/mol. The summed E-state index contributed by atoms with van der Waals surface area (Å²) < 4.78 is 11.0. The molecular formula is C22H20N2O3. The average molecular weight is 360 g/mol. The fraction of sp³-hybridized carbons (Fsp3) is 0.182. The van der Waals surface area contributed by atoms with Crippen molar-refractivity contribution >= 4 is 11.6 Å². The number of carbonyl (C=O) groups excluding carboxylic acids is 1. The Labute approximate surface area is 158 Å². The number of anilines is 1. The van der Waals surface area contributed by atoms with E-state index in [-0.39, 0.29) is 12.0 Å². The van der Waals surface area contributed by atoms with Crippen molar-refractivity contribution in [3.05, 3.63) is 78.5 Å². The normalized spacial score (nSPS) is 16.1. The Balaban J connectivity index is 1.48. The average Bonchev–Trinajstić information content (AvgIpc) is 3.23. The standard InChI is InChI=1S/C22H20N2O3/c25-22(17-10-11-21(23-14-17)27-18-12-13-26-15-18)24-20-9-5-4-8-19(20)16-6-2-1-3-7-16/h1-11,14,18H,12-13,15H2,(H,24,25). The summed E-state index contributed by atoms with van der Waals surface area (Å²) >= 11 is 0. The van der Waals surface area contributed by atoms with E-state index in [9.17, 15) is 4.79 Å². The largest absolute Gasteiger partial charge is 0.472 e. The molecule has 5 nitrogen and oxygen atoms in total. The van der Waals surface area contributed by atoms with Crippen LogP contribution in [0.4, 0.5) is 5.69 Å². The molecule has 2 aromatic carbocycles. The maximum absolute atomic E-state index is 12.6. The highest BCUT2D eigenvalue weighted by molar-refractivity contribution is 6.06. The van der Waals surface area contributed by atoms with Gasteiger partial charge in [0.25, 0.3) is 5.91 Å². The SMILES string of the molecule is O=C(Nc1ccccc1-c1ccccc1)c1ccc(OC2CCOC2)nc1. The third-order valence-electron chi connectivity index (χ3n) is 4.43. The number of para-hydroxylation sites is 1. The van der Waals surface area contributed by atoms with Crippen LogP contribution in [0.2, 0.25) is 0 Å². The van der Waals surface area contributed by atoms with E-state index in [1.54, 1.807) is 12.1 Å². The highest BCUT2D eigenvalue weighted by Gasteiger charge is 2.18. The Kier molecular flexibility index (Phi) is 5.12. The molecule has 0 spiro atoms. The summed E-state index contributed by atoms with van der Waals surface area (Å²) in [6, 6.07) is 21.1. The Bertz CT molecular complexity index is 904. The summed E-state index contributed by atoms with van der Waals surface area (Å²) in [5.41, 5.74) is 3.26. The minimum Gasteiger partial charge on any atom is -0.472 e. The lowest BCUT2D eigenvalue weighted by molar-refractivity contribution is 0.102. The molecule has 0 bridgehead atoms. The molecule has 4 rings (SSSR count). The smallest absolute Gasteiger partial charge is 0.257 e. The maximum Gasteiger partial charge on any atom is 0.257 e. The summed E-state index contributed by atoms with van der Waals surface area (Å²) in [5, 5.41) is 2.98. The number of ether oxygens (including phenoxy) is 2. The van der Waals surface area contributed by atoms with E-state index in [4.69, 9.17) is 9.47 Å². The molecule has 1 amide bonds. The van der Waals surface area contributed by atoms with Crippen LogP contribution < -0.4 is 10.1 Å². The Morgan fingerprint density at radius 3 is 2.59 bits per heavy atom.